The van der Waals surface area contributed by atoms with Gasteiger partial charge in [-0.2, -0.15) is 0 Å². The highest BCUT2D eigenvalue weighted by atomic mass is 16.3. The fourth-order valence-corrected chi connectivity index (χ4v) is 1.33. The van der Waals surface area contributed by atoms with Crippen LogP contribution in [0, 0.1) is 5.92 Å². The highest BCUT2D eigenvalue weighted by Crippen LogP contribution is 2.13. The van der Waals surface area contributed by atoms with E-state index in [-0.39, 0.29) is 18.4 Å². The summed E-state index contributed by atoms with van der Waals surface area (Å²) in [6.07, 6.45) is 0. The standard InChI is InChI=1S/C12H18N2O2/c1-9(8-15)7-14-12(16)10-5-3-4-6-11(10)13-2/h3-6,9,13,15H,7-8H2,1-2H3,(H,14,16). The Bertz CT molecular complexity index is 353. The Hall–Kier alpha value is -1.55. The molecule has 0 aliphatic rings. The second kappa shape index (κ2) is 6.12. The zero-order valence-electron chi connectivity index (χ0n) is 9.66. The van der Waals surface area contributed by atoms with Crippen LogP contribution in [0.4, 0.5) is 5.69 Å². The lowest BCUT2D eigenvalue weighted by Gasteiger charge is -2.12. The predicted molar refractivity (Wildman–Crippen MR) is 64.6 cm³/mol. The third-order valence-corrected chi connectivity index (χ3v) is 2.36. The maximum absolute atomic E-state index is 11.8. The van der Waals surface area contributed by atoms with Crippen LogP contribution >= 0.6 is 0 Å². The van der Waals surface area contributed by atoms with Crippen LogP contribution in [0.2, 0.25) is 0 Å². The fraction of sp³-hybridized carbons (Fsp3) is 0.417. The van der Waals surface area contributed by atoms with E-state index in [1.807, 2.05) is 25.1 Å². The zero-order valence-corrected chi connectivity index (χ0v) is 9.66. The SMILES string of the molecule is CNc1ccccc1C(=O)NCC(C)CO. The van der Waals surface area contributed by atoms with Crippen LogP contribution in [0.1, 0.15) is 17.3 Å². The minimum Gasteiger partial charge on any atom is -0.396 e. The summed E-state index contributed by atoms with van der Waals surface area (Å²) >= 11 is 0. The number of hydrogen-bond acceptors (Lipinski definition) is 3. The summed E-state index contributed by atoms with van der Waals surface area (Å²) in [5.41, 5.74) is 1.42. The quantitative estimate of drug-likeness (QED) is 0.698. The van der Waals surface area contributed by atoms with Crippen LogP contribution < -0.4 is 10.6 Å². The molecule has 0 aromatic heterocycles. The van der Waals surface area contributed by atoms with Gasteiger partial charge < -0.3 is 15.7 Å². The molecule has 1 unspecified atom stereocenters. The summed E-state index contributed by atoms with van der Waals surface area (Å²) in [5.74, 6) is -0.0454. The van der Waals surface area contributed by atoms with Gasteiger partial charge in [0, 0.05) is 25.9 Å². The van der Waals surface area contributed by atoms with E-state index in [0.29, 0.717) is 12.1 Å². The van der Waals surface area contributed by atoms with E-state index in [4.69, 9.17) is 5.11 Å². The molecule has 3 N–H and O–H groups in total. The lowest BCUT2D eigenvalue weighted by Crippen LogP contribution is -2.30. The van der Waals surface area contributed by atoms with Crippen LogP contribution in [0.15, 0.2) is 24.3 Å². The Kier molecular flexibility index (Phi) is 4.79. The van der Waals surface area contributed by atoms with Gasteiger partial charge in [0.25, 0.3) is 5.91 Å². The molecule has 0 saturated carbocycles. The van der Waals surface area contributed by atoms with Crippen molar-refractivity contribution in [3.05, 3.63) is 29.8 Å². The van der Waals surface area contributed by atoms with Gasteiger partial charge in [0.1, 0.15) is 0 Å². The number of rotatable bonds is 5. The summed E-state index contributed by atoms with van der Waals surface area (Å²) < 4.78 is 0. The highest BCUT2D eigenvalue weighted by Gasteiger charge is 2.10. The average molecular weight is 222 g/mol. The van der Waals surface area contributed by atoms with Crippen molar-refractivity contribution in [1.29, 1.82) is 0 Å². The van der Waals surface area contributed by atoms with Gasteiger partial charge in [-0.25, -0.2) is 0 Å². The fourth-order valence-electron chi connectivity index (χ4n) is 1.33. The summed E-state index contributed by atoms with van der Waals surface area (Å²) in [5, 5.41) is 14.6. The molecule has 0 fully saturated rings. The average Bonchev–Trinajstić information content (AvgIpc) is 2.35. The minimum absolute atomic E-state index is 0.0747. The number of aliphatic hydroxyl groups is 1. The van der Waals surface area contributed by atoms with E-state index in [0.717, 1.165) is 5.69 Å². The molecule has 1 atom stereocenters. The van der Waals surface area contributed by atoms with Crippen molar-refractivity contribution in [2.45, 2.75) is 6.92 Å². The Morgan fingerprint density at radius 3 is 2.75 bits per heavy atom. The first-order valence-corrected chi connectivity index (χ1v) is 5.35. The molecule has 1 rings (SSSR count). The molecule has 0 saturated heterocycles. The number of para-hydroxylation sites is 1. The van der Waals surface area contributed by atoms with Crippen molar-refractivity contribution in [1.82, 2.24) is 5.32 Å². The largest absolute Gasteiger partial charge is 0.396 e. The second-order valence-electron chi connectivity index (χ2n) is 3.79. The molecule has 1 aromatic carbocycles. The Balaban J connectivity index is 2.65. The highest BCUT2D eigenvalue weighted by molar-refractivity contribution is 5.99. The minimum atomic E-state index is -0.120. The molecule has 0 aliphatic carbocycles. The number of nitrogens with one attached hydrogen (secondary N) is 2. The van der Waals surface area contributed by atoms with Gasteiger partial charge in [-0.1, -0.05) is 19.1 Å². The van der Waals surface area contributed by atoms with E-state index in [9.17, 15) is 4.79 Å². The van der Waals surface area contributed by atoms with Gasteiger partial charge in [0.05, 0.1) is 5.56 Å². The summed E-state index contributed by atoms with van der Waals surface area (Å²) in [6, 6.07) is 7.32. The van der Waals surface area contributed by atoms with Gasteiger partial charge in [-0.15, -0.1) is 0 Å². The van der Waals surface area contributed by atoms with Gasteiger partial charge in [0.2, 0.25) is 0 Å². The monoisotopic (exact) mass is 222 g/mol. The number of anilines is 1. The third kappa shape index (κ3) is 3.24. The molecule has 4 nitrogen and oxygen atoms in total. The Morgan fingerprint density at radius 2 is 2.12 bits per heavy atom. The summed E-state index contributed by atoms with van der Waals surface area (Å²) in [4.78, 5) is 11.8. The van der Waals surface area contributed by atoms with E-state index in [2.05, 4.69) is 10.6 Å². The van der Waals surface area contributed by atoms with Crippen molar-refractivity contribution in [2.24, 2.45) is 5.92 Å². The zero-order chi connectivity index (χ0) is 12.0. The van der Waals surface area contributed by atoms with E-state index in [1.165, 1.54) is 0 Å². The Morgan fingerprint density at radius 1 is 1.44 bits per heavy atom. The predicted octanol–water partition coefficient (Wildman–Crippen LogP) is 1.09. The maximum Gasteiger partial charge on any atom is 0.253 e. The molecule has 1 amide bonds. The van der Waals surface area contributed by atoms with Gasteiger partial charge >= 0.3 is 0 Å². The number of benzene rings is 1. The van der Waals surface area contributed by atoms with Gasteiger partial charge in [0.15, 0.2) is 0 Å². The Labute approximate surface area is 95.7 Å². The van der Waals surface area contributed by atoms with E-state index < -0.39 is 0 Å². The number of carbonyl (C=O) groups excluding carboxylic acids is 1. The maximum atomic E-state index is 11.8. The van der Waals surface area contributed by atoms with Crippen LogP contribution in [0.3, 0.4) is 0 Å². The lowest BCUT2D eigenvalue weighted by atomic mass is 10.1. The first kappa shape index (κ1) is 12.5. The molecule has 88 valence electrons. The smallest absolute Gasteiger partial charge is 0.253 e. The number of carbonyl (C=O) groups is 1. The van der Waals surface area contributed by atoms with Crippen LogP contribution in [-0.2, 0) is 0 Å². The molecular formula is C12H18N2O2. The van der Waals surface area contributed by atoms with E-state index in [1.54, 1.807) is 13.1 Å². The molecular weight excluding hydrogens is 204 g/mol. The number of aliphatic hydroxyl groups excluding tert-OH is 1. The van der Waals surface area contributed by atoms with Gasteiger partial charge in [-0.3, -0.25) is 4.79 Å². The van der Waals surface area contributed by atoms with Gasteiger partial charge in [-0.05, 0) is 18.1 Å². The lowest BCUT2D eigenvalue weighted by molar-refractivity contribution is 0.0943. The van der Waals surface area contributed by atoms with Crippen molar-refractivity contribution in [2.75, 3.05) is 25.5 Å². The molecule has 0 spiro atoms. The molecule has 0 aliphatic heterocycles. The van der Waals surface area contributed by atoms with Crippen LogP contribution in [0.25, 0.3) is 0 Å². The number of hydrogen-bond donors (Lipinski definition) is 3. The van der Waals surface area contributed by atoms with Crippen molar-refractivity contribution >= 4 is 11.6 Å². The number of amides is 1. The van der Waals surface area contributed by atoms with Crippen LogP contribution in [-0.4, -0.2) is 31.2 Å². The van der Waals surface area contributed by atoms with Crippen LogP contribution in [0.5, 0.6) is 0 Å². The first-order chi connectivity index (χ1) is 7.69. The van der Waals surface area contributed by atoms with Crippen molar-refractivity contribution < 1.29 is 9.90 Å². The molecule has 0 radical (unpaired) electrons. The summed E-state index contributed by atoms with van der Waals surface area (Å²) in [7, 11) is 1.78. The normalized spacial score (nSPS) is 11.9. The molecule has 0 heterocycles. The molecule has 16 heavy (non-hydrogen) atoms. The third-order valence-electron chi connectivity index (χ3n) is 2.36. The molecule has 1 aromatic rings. The van der Waals surface area contributed by atoms with Crippen molar-refractivity contribution in [3.8, 4) is 0 Å². The second-order valence-corrected chi connectivity index (χ2v) is 3.79. The van der Waals surface area contributed by atoms with Crippen molar-refractivity contribution in [3.63, 3.8) is 0 Å². The van der Waals surface area contributed by atoms with E-state index >= 15 is 0 Å². The summed E-state index contributed by atoms with van der Waals surface area (Å²) in [6.45, 7) is 2.44. The molecule has 4 heteroatoms. The molecule has 0 bridgehead atoms. The topological polar surface area (TPSA) is 61.4 Å². The first-order valence-electron chi connectivity index (χ1n) is 5.35.